The molecule has 0 saturated carbocycles. The molecule has 6 heteroatoms. The molecular weight excluding hydrogens is 450 g/mol. The van der Waals surface area contributed by atoms with E-state index in [1.807, 2.05) is 55.3 Å². The van der Waals surface area contributed by atoms with E-state index in [1.165, 1.54) is 5.56 Å². The molecule has 5 rings (SSSR count). The fraction of sp³-hybridized carbons (Fsp3) is 0.333. The number of H-pyrrole nitrogens is 1. The molecule has 1 aliphatic heterocycles. The molecule has 3 heterocycles. The van der Waals surface area contributed by atoms with Gasteiger partial charge >= 0.3 is 0 Å². The number of benzene rings is 2. The maximum Gasteiger partial charge on any atom is 0.257 e. The van der Waals surface area contributed by atoms with Crippen LogP contribution in [0.2, 0.25) is 0 Å². The van der Waals surface area contributed by atoms with Gasteiger partial charge < -0.3 is 14.3 Å². The van der Waals surface area contributed by atoms with Gasteiger partial charge in [0.05, 0.1) is 11.8 Å². The van der Waals surface area contributed by atoms with Crippen LogP contribution in [0.5, 0.6) is 0 Å². The van der Waals surface area contributed by atoms with Crippen molar-refractivity contribution in [3.05, 3.63) is 106 Å². The number of aromatic amines is 1. The van der Waals surface area contributed by atoms with Crippen molar-refractivity contribution in [1.82, 2.24) is 14.8 Å². The highest BCUT2D eigenvalue weighted by molar-refractivity contribution is 5.95. The lowest BCUT2D eigenvalue weighted by molar-refractivity contribution is 0.0583. The number of likely N-dealkylation sites (N-methyl/N-ethyl adjacent to an activating group) is 1. The van der Waals surface area contributed by atoms with Gasteiger partial charge in [-0.25, -0.2) is 0 Å². The minimum absolute atomic E-state index is 0.00677. The van der Waals surface area contributed by atoms with Crippen LogP contribution in [0.25, 0.3) is 10.9 Å². The van der Waals surface area contributed by atoms with Crippen molar-refractivity contribution < 1.29 is 9.21 Å². The largest absolute Gasteiger partial charge is 0.469 e. The highest BCUT2D eigenvalue weighted by Crippen LogP contribution is 2.28. The molecule has 186 valence electrons. The number of likely N-dealkylation sites (tertiary alicyclic amines) is 1. The Hall–Kier alpha value is -3.64. The van der Waals surface area contributed by atoms with Gasteiger partial charge in [0.25, 0.3) is 11.5 Å². The second-order valence-corrected chi connectivity index (χ2v) is 9.89. The summed E-state index contributed by atoms with van der Waals surface area (Å²) in [4.78, 5) is 33.3. The second-order valence-electron chi connectivity index (χ2n) is 9.89. The van der Waals surface area contributed by atoms with Crippen molar-refractivity contribution in [2.75, 3.05) is 20.1 Å². The molecule has 2 aromatic carbocycles. The van der Waals surface area contributed by atoms with Crippen LogP contribution < -0.4 is 5.56 Å². The van der Waals surface area contributed by atoms with E-state index in [4.69, 9.17) is 4.42 Å². The van der Waals surface area contributed by atoms with Gasteiger partial charge in [0, 0.05) is 30.7 Å². The van der Waals surface area contributed by atoms with E-state index in [-0.39, 0.29) is 17.5 Å². The summed E-state index contributed by atoms with van der Waals surface area (Å²) in [5.41, 5.74) is 3.52. The molecule has 6 nitrogen and oxygen atoms in total. The van der Waals surface area contributed by atoms with E-state index < -0.39 is 0 Å². The molecule has 0 bridgehead atoms. The van der Waals surface area contributed by atoms with Crippen LogP contribution in [0.3, 0.4) is 0 Å². The first-order chi connectivity index (χ1) is 17.5. The number of aryl methyl sites for hydroxylation is 1. The monoisotopic (exact) mass is 483 g/mol. The third-order valence-electron chi connectivity index (χ3n) is 7.60. The fourth-order valence-corrected chi connectivity index (χ4v) is 5.47. The van der Waals surface area contributed by atoms with Gasteiger partial charge in [0.15, 0.2) is 0 Å². The number of hydrogen-bond donors (Lipinski definition) is 1. The predicted molar refractivity (Wildman–Crippen MR) is 142 cm³/mol. The zero-order chi connectivity index (χ0) is 25.1. The zero-order valence-corrected chi connectivity index (χ0v) is 20.9. The fourth-order valence-electron chi connectivity index (χ4n) is 5.47. The molecule has 0 unspecified atom stereocenters. The summed E-state index contributed by atoms with van der Waals surface area (Å²) in [6.45, 7) is 4.27. The van der Waals surface area contributed by atoms with E-state index >= 15 is 0 Å². The number of carbonyl (C=O) groups is 1. The third kappa shape index (κ3) is 5.14. The van der Waals surface area contributed by atoms with E-state index in [2.05, 4.69) is 34.1 Å². The standard InChI is InChI=1S/C30H33N3O3/c1-21-26(14-17-36-21)30(35)32(2)28(18-22-8-4-3-5-9-22)23-12-15-33(16-13-23)20-25-19-24-10-6-7-11-27(24)31-29(25)34/h3-11,14,17,19,23,28H,12-13,15-16,18,20H2,1-2H3,(H,31,34)/t28-/m1/s1. The lowest BCUT2D eigenvalue weighted by atomic mass is 9.84. The Labute approximate surface area is 211 Å². The van der Waals surface area contributed by atoms with Gasteiger partial charge in [-0.15, -0.1) is 0 Å². The number of hydrogen-bond acceptors (Lipinski definition) is 4. The third-order valence-corrected chi connectivity index (χ3v) is 7.60. The molecule has 1 fully saturated rings. The van der Waals surface area contributed by atoms with Crippen LogP contribution in [-0.2, 0) is 13.0 Å². The number of fused-ring (bicyclic) bond motifs is 1. The van der Waals surface area contributed by atoms with Gasteiger partial charge in [-0.2, -0.15) is 0 Å². The van der Waals surface area contributed by atoms with Crippen LogP contribution >= 0.6 is 0 Å². The summed E-state index contributed by atoms with van der Waals surface area (Å²) in [5, 5.41) is 1.06. The van der Waals surface area contributed by atoms with Crippen LogP contribution in [-0.4, -0.2) is 46.9 Å². The molecule has 1 N–H and O–H groups in total. The molecule has 1 atom stereocenters. The van der Waals surface area contributed by atoms with E-state index in [1.54, 1.807) is 12.3 Å². The number of pyridine rings is 1. The first-order valence-corrected chi connectivity index (χ1v) is 12.7. The van der Waals surface area contributed by atoms with E-state index in [0.717, 1.165) is 48.8 Å². The summed E-state index contributed by atoms with van der Waals surface area (Å²) in [6.07, 6.45) is 4.35. The number of para-hydroxylation sites is 1. The Morgan fingerprint density at radius 2 is 1.81 bits per heavy atom. The Bertz CT molecular complexity index is 1380. The van der Waals surface area contributed by atoms with Crippen molar-refractivity contribution in [2.24, 2.45) is 5.92 Å². The minimum Gasteiger partial charge on any atom is -0.469 e. The number of carbonyl (C=O) groups excluding carboxylic acids is 1. The van der Waals surface area contributed by atoms with Gasteiger partial charge in [0.1, 0.15) is 5.76 Å². The van der Waals surface area contributed by atoms with E-state index in [9.17, 15) is 9.59 Å². The molecule has 2 aromatic heterocycles. The lowest BCUT2D eigenvalue weighted by Gasteiger charge is -2.40. The van der Waals surface area contributed by atoms with Crippen molar-refractivity contribution in [3.63, 3.8) is 0 Å². The number of nitrogens with zero attached hydrogens (tertiary/aromatic N) is 2. The smallest absolute Gasteiger partial charge is 0.257 e. The number of rotatable bonds is 7. The van der Waals surface area contributed by atoms with Crippen LogP contribution in [0.15, 0.2) is 82.2 Å². The lowest BCUT2D eigenvalue weighted by Crippen LogP contribution is -2.47. The molecular formula is C30H33N3O3. The number of furan rings is 1. The number of nitrogens with one attached hydrogen (secondary N) is 1. The Balaban J connectivity index is 1.30. The summed E-state index contributed by atoms with van der Waals surface area (Å²) in [6, 6.07) is 22.1. The molecule has 0 radical (unpaired) electrons. The van der Waals surface area contributed by atoms with Gasteiger partial charge in [-0.05, 0) is 74.3 Å². The Morgan fingerprint density at radius 3 is 2.53 bits per heavy atom. The molecule has 4 aromatic rings. The predicted octanol–water partition coefficient (Wildman–Crippen LogP) is 5.03. The van der Waals surface area contributed by atoms with Crippen molar-refractivity contribution >= 4 is 16.8 Å². The molecule has 1 saturated heterocycles. The van der Waals surface area contributed by atoms with Crippen molar-refractivity contribution in [3.8, 4) is 0 Å². The highest BCUT2D eigenvalue weighted by atomic mass is 16.3. The molecule has 1 amide bonds. The number of piperidine rings is 1. The van der Waals surface area contributed by atoms with Gasteiger partial charge in [-0.3, -0.25) is 14.5 Å². The van der Waals surface area contributed by atoms with Crippen molar-refractivity contribution in [2.45, 2.75) is 38.8 Å². The first kappa shape index (κ1) is 24.1. The topological polar surface area (TPSA) is 69.6 Å². The van der Waals surface area contributed by atoms with Crippen LogP contribution in [0, 0.1) is 12.8 Å². The Morgan fingerprint density at radius 1 is 1.08 bits per heavy atom. The molecule has 1 aliphatic rings. The van der Waals surface area contributed by atoms with Gasteiger partial charge in [0.2, 0.25) is 0 Å². The SMILES string of the molecule is Cc1occc1C(=O)N(C)[C@H](Cc1ccccc1)C1CCN(Cc2cc3ccccc3[nH]c2=O)CC1. The van der Waals surface area contributed by atoms with Gasteiger partial charge in [-0.1, -0.05) is 48.5 Å². The quantitative estimate of drug-likeness (QED) is 0.401. The normalized spacial score (nSPS) is 15.7. The Kier molecular flexibility index (Phi) is 7.05. The summed E-state index contributed by atoms with van der Waals surface area (Å²) >= 11 is 0. The number of amides is 1. The molecule has 0 spiro atoms. The average Bonchev–Trinajstić information content (AvgIpc) is 3.34. The first-order valence-electron chi connectivity index (χ1n) is 12.7. The van der Waals surface area contributed by atoms with Crippen LogP contribution in [0.4, 0.5) is 0 Å². The minimum atomic E-state index is -0.0152. The zero-order valence-electron chi connectivity index (χ0n) is 20.9. The highest BCUT2D eigenvalue weighted by Gasteiger charge is 2.33. The van der Waals surface area contributed by atoms with E-state index in [0.29, 0.717) is 23.8 Å². The maximum atomic E-state index is 13.4. The summed E-state index contributed by atoms with van der Waals surface area (Å²) in [7, 11) is 1.92. The van der Waals surface area contributed by atoms with Crippen molar-refractivity contribution in [1.29, 1.82) is 0 Å². The van der Waals surface area contributed by atoms with Crippen LogP contribution in [0.1, 0.15) is 40.1 Å². The summed E-state index contributed by atoms with van der Waals surface area (Å²) in [5.74, 6) is 1.03. The average molecular weight is 484 g/mol. The number of aromatic nitrogens is 1. The molecule has 0 aliphatic carbocycles. The maximum absolute atomic E-state index is 13.4. The second kappa shape index (κ2) is 10.5. The summed E-state index contributed by atoms with van der Waals surface area (Å²) < 4.78 is 5.40. The molecule has 36 heavy (non-hydrogen) atoms.